The van der Waals surface area contributed by atoms with Gasteiger partial charge in [-0.3, -0.25) is 4.79 Å². The molecule has 0 spiro atoms. The molecule has 7 nitrogen and oxygen atoms in total. The van der Waals surface area contributed by atoms with Crippen molar-refractivity contribution in [1.29, 1.82) is 0 Å². The minimum absolute atomic E-state index is 0.104. The molecule has 37 heavy (non-hydrogen) atoms. The van der Waals surface area contributed by atoms with Crippen LogP contribution in [0.4, 0.5) is 9.18 Å². The first kappa shape index (κ1) is 24.6. The molecule has 0 radical (unpaired) electrons. The van der Waals surface area contributed by atoms with Crippen LogP contribution in [-0.4, -0.2) is 30.2 Å². The van der Waals surface area contributed by atoms with Crippen molar-refractivity contribution in [3.63, 3.8) is 0 Å². The maximum absolute atomic E-state index is 13.9. The van der Waals surface area contributed by atoms with Crippen LogP contribution in [0.25, 0.3) is 0 Å². The maximum Gasteiger partial charge on any atom is 0.318 e. The van der Waals surface area contributed by atoms with Crippen molar-refractivity contribution in [2.24, 2.45) is 5.92 Å². The second-order valence-corrected chi connectivity index (χ2v) is 9.50. The van der Waals surface area contributed by atoms with Crippen molar-refractivity contribution in [1.82, 2.24) is 15.5 Å². The molecule has 2 heterocycles. The number of benzene rings is 3. The number of ether oxygens (including phenoxy) is 2. The summed E-state index contributed by atoms with van der Waals surface area (Å²) in [7, 11) is 0. The lowest BCUT2D eigenvalue weighted by atomic mass is 9.88. The number of carbonyl (C=O) groups is 2. The largest absolute Gasteiger partial charge is 0.454 e. The Bertz CT molecular complexity index is 1280. The summed E-state index contributed by atoms with van der Waals surface area (Å²) in [5, 5.41) is 6.00. The quantitative estimate of drug-likeness (QED) is 0.505. The number of halogens is 1. The van der Waals surface area contributed by atoms with Crippen LogP contribution >= 0.6 is 0 Å². The average Bonchev–Trinajstić information content (AvgIpc) is 3.40. The molecular formula is C29H30FN3O4. The van der Waals surface area contributed by atoms with Crippen molar-refractivity contribution in [3.8, 4) is 11.5 Å². The number of carbonyl (C=O) groups excluding carboxylic acids is 2. The summed E-state index contributed by atoms with van der Waals surface area (Å²) in [5.41, 5.74) is 3.30. The molecule has 0 aromatic heterocycles. The molecule has 1 saturated heterocycles. The van der Waals surface area contributed by atoms with Crippen LogP contribution in [0, 0.1) is 18.7 Å². The Morgan fingerprint density at radius 2 is 1.70 bits per heavy atom. The van der Waals surface area contributed by atoms with E-state index >= 15 is 0 Å². The highest BCUT2D eigenvalue weighted by molar-refractivity contribution is 5.81. The molecule has 0 saturated carbocycles. The van der Waals surface area contributed by atoms with Crippen LogP contribution in [-0.2, 0) is 17.9 Å². The molecule has 192 valence electrons. The summed E-state index contributed by atoms with van der Waals surface area (Å²) in [4.78, 5) is 28.2. The lowest BCUT2D eigenvalue weighted by Crippen LogP contribution is -2.50. The predicted molar refractivity (Wildman–Crippen MR) is 136 cm³/mol. The number of nitrogens with one attached hydrogen (secondary N) is 2. The summed E-state index contributed by atoms with van der Waals surface area (Å²) in [6.07, 6.45) is 1.22. The Balaban J connectivity index is 1.27. The van der Waals surface area contributed by atoms with Crippen LogP contribution in [0.15, 0.2) is 66.7 Å². The van der Waals surface area contributed by atoms with Gasteiger partial charge >= 0.3 is 6.03 Å². The molecule has 8 heteroatoms. The third kappa shape index (κ3) is 5.69. The van der Waals surface area contributed by atoms with Gasteiger partial charge in [0.15, 0.2) is 11.5 Å². The lowest BCUT2D eigenvalue weighted by Gasteiger charge is -2.39. The molecule has 3 aromatic carbocycles. The molecule has 2 aliphatic heterocycles. The van der Waals surface area contributed by atoms with Crippen LogP contribution < -0.4 is 20.1 Å². The fourth-order valence-corrected chi connectivity index (χ4v) is 4.89. The van der Waals surface area contributed by atoms with Gasteiger partial charge in [-0.25, -0.2) is 9.18 Å². The molecule has 5 rings (SSSR count). The van der Waals surface area contributed by atoms with Crippen molar-refractivity contribution >= 4 is 11.9 Å². The van der Waals surface area contributed by atoms with Gasteiger partial charge in [0.05, 0.1) is 12.0 Å². The van der Waals surface area contributed by atoms with E-state index in [1.54, 1.807) is 24.0 Å². The highest BCUT2D eigenvalue weighted by Gasteiger charge is 2.35. The smallest absolute Gasteiger partial charge is 0.318 e. The van der Waals surface area contributed by atoms with Gasteiger partial charge in [-0.2, -0.15) is 0 Å². The van der Waals surface area contributed by atoms with Gasteiger partial charge in [0.25, 0.3) is 0 Å². The third-order valence-corrected chi connectivity index (χ3v) is 6.97. The molecule has 0 bridgehead atoms. The first-order chi connectivity index (χ1) is 18.0. The number of aryl methyl sites for hydroxylation is 1. The van der Waals surface area contributed by atoms with Gasteiger partial charge < -0.3 is 25.0 Å². The molecule has 0 aliphatic carbocycles. The van der Waals surface area contributed by atoms with Gasteiger partial charge in [-0.1, -0.05) is 48.5 Å². The van der Waals surface area contributed by atoms with Crippen LogP contribution in [0.5, 0.6) is 11.5 Å². The minimum atomic E-state index is -0.353. The predicted octanol–water partition coefficient (Wildman–Crippen LogP) is 4.84. The van der Waals surface area contributed by atoms with E-state index in [4.69, 9.17) is 9.47 Å². The highest BCUT2D eigenvalue weighted by atomic mass is 19.1. The Kier molecular flexibility index (Phi) is 7.25. The summed E-state index contributed by atoms with van der Waals surface area (Å²) in [6, 6.07) is 19.7. The number of rotatable bonds is 6. The molecule has 3 amide bonds. The van der Waals surface area contributed by atoms with E-state index in [1.807, 2.05) is 48.5 Å². The van der Waals surface area contributed by atoms with E-state index < -0.39 is 0 Å². The fourth-order valence-electron chi connectivity index (χ4n) is 4.89. The first-order valence-electron chi connectivity index (χ1n) is 12.5. The number of piperidine rings is 1. The number of hydrogen-bond acceptors (Lipinski definition) is 4. The Labute approximate surface area is 215 Å². The van der Waals surface area contributed by atoms with Gasteiger partial charge in [0, 0.05) is 19.6 Å². The number of urea groups is 1. The molecule has 3 aromatic rings. The lowest BCUT2D eigenvalue weighted by molar-refractivity contribution is -0.126. The topological polar surface area (TPSA) is 79.9 Å². The SMILES string of the molecule is Cc1cc([C@@H]2CC[C@H](C(=O)NCc3ccc4c(c3)OCO4)CN2C(=O)NCc2ccccc2)ccc1F. The maximum atomic E-state index is 13.9. The van der Waals surface area contributed by atoms with E-state index in [2.05, 4.69) is 10.6 Å². The summed E-state index contributed by atoms with van der Waals surface area (Å²) in [6.45, 7) is 2.92. The van der Waals surface area contributed by atoms with Crippen molar-refractivity contribution in [2.45, 2.75) is 38.9 Å². The standard InChI is InChI=1S/C29H30FN3O4/c1-19-13-22(8-10-24(19)30)25-11-9-23(17-33(25)29(35)32-15-20-5-3-2-4-6-20)28(34)31-16-21-7-12-26-27(14-21)37-18-36-26/h2-8,10,12-14,23,25H,9,11,15-18H2,1H3,(H,31,34)(H,32,35)/t23-,25-/m0/s1. The zero-order valence-corrected chi connectivity index (χ0v) is 20.7. The number of fused-ring (bicyclic) bond motifs is 1. The monoisotopic (exact) mass is 503 g/mol. The number of likely N-dealkylation sites (tertiary alicyclic amines) is 1. The molecule has 1 fully saturated rings. The summed E-state index contributed by atoms with van der Waals surface area (Å²) in [5.74, 6) is 0.631. The second-order valence-electron chi connectivity index (χ2n) is 9.50. The Morgan fingerprint density at radius 1 is 0.919 bits per heavy atom. The van der Waals surface area contributed by atoms with E-state index in [0.717, 1.165) is 16.7 Å². The van der Waals surface area contributed by atoms with Crippen molar-refractivity contribution < 1.29 is 23.5 Å². The van der Waals surface area contributed by atoms with E-state index in [0.29, 0.717) is 43.0 Å². The fraction of sp³-hybridized carbons (Fsp3) is 0.310. The normalized spacial score (nSPS) is 18.4. The Hall–Kier alpha value is -4.07. The molecule has 0 unspecified atom stereocenters. The van der Waals surface area contributed by atoms with Gasteiger partial charge in [0.2, 0.25) is 12.7 Å². The minimum Gasteiger partial charge on any atom is -0.454 e. The summed E-state index contributed by atoms with van der Waals surface area (Å²) >= 11 is 0. The summed E-state index contributed by atoms with van der Waals surface area (Å²) < 4.78 is 24.7. The van der Waals surface area contributed by atoms with Crippen LogP contribution in [0.1, 0.15) is 41.1 Å². The zero-order valence-electron chi connectivity index (χ0n) is 20.7. The van der Waals surface area contributed by atoms with E-state index in [1.165, 1.54) is 6.07 Å². The second kappa shape index (κ2) is 10.9. The number of nitrogens with zero attached hydrogens (tertiary/aromatic N) is 1. The Morgan fingerprint density at radius 3 is 2.51 bits per heavy atom. The molecular weight excluding hydrogens is 473 g/mol. The van der Waals surface area contributed by atoms with Gasteiger partial charge in [-0.15, -0.1) is 0 Å². The zero-order chi connectivity index (χ0) is 25.8. The van der Waals surface area contributed by atoms with Crippen LogP contribution in [0.2, 0.25) is 0 Å². The van der Waals surface area contributed by atoms with Gasteiger partial charge in [-0.05, 0) is 60.2 Å². The van der Waals surface area contributed by atoms with Gasteiger partial charge in [0.1, 0.15) is 5.82 Å². The number of amides is 3. The average molecular weight is 504 g/mol. The molecule has 2 atom stereocenters. The van der Waals surface area contributed by atoms with E-state index in [9.17, 15) is 14.0 Å². The van der Waals surface area contributed by atoms with Crippen molar-refractivity contribution in [2.75, 3.05) is 13.3 Å². The first-order valence-corrected chi connectivity index (χ1v) is 12.5. The number of hydrogen-bond donors (Lipinski definition) is 2. The highest BCUT2D eigenvalue weighted by Crippen LogP contribution is 2.35. The molecule has 2 aliphatic rings. The third-order valence-electron chi connectivity index (χ3n) is 6.97. The van der Waals surface area contributed by atoms with Crippen molar-refractivity contribution in [3.05, 3.63) is 94.8 Å². The molecule has 2 N–H and O–H groups in total. The van der Waals surface area contributed by atoms with Crippen LogP contribution in [0.3, 0.4) is 0 Å². The van der Waals surface area contributed by atoms with E-state index in [-0.39, 0.29) is 43.1 Å².